The molecule has 1 atom stereocenters. The van der Waals surface area contributed by atoms with Crippen molar-refractivity contribution < 1.29 is 0 Å². The molecule has 0 radical (unpaired) electrons. The highest BCUT2D eigenvalue weighted by atomic mass is 32.2. The van der Waals surface area contributed by atoms with Gasteiger partial charge in [0.1, 0.15) is 0 Å². The molecule has 0 bridgehead atoms. The Morgan fingerprint density at radius 1 is 1.50 bits per heavy atom. The van der Waals surface area contributed by atoms with Crippen molar-refractivity contribution >= 4 is 11.8 Å². The molecule has 1 fully saturated rings. The Morgan fingerprint density at radius 2 is 2.20 bits per heavy atom. The summed E-state index contributed by atoms with van der Waals surface area (Å²) in [5.41, 5.74) is 0. The van der Waals surface area contributed by atoms with Gasteiger partial charge in [-0.15, -0.1) is 11.8 Å². The van der Waals surface area contributed by atoms with Crippen LogP contribution in [0.15, 0.2) is 0 Å². The van der Waals surface area contributed by atoms with E-state index in [4.69, 9.17) is 0 Å². The Bertz CT molecular complexity index is 85.3. The molecule has 1 N–H and O–H groups in total. The van der Waals surface area contributed by atoms with Gasteiger partial charge in [-0.3, -0.25) is 0 Å². The van der Waals surface area contributed by atoms with Gasteiger partial charge in [-0.1, -0.05) is 26.7 Å². The minimum absolute atomic E-state index is 0.759. The van der Waals surface area contributed by atoms with Crippen LogP contribution in [0.3, 0.4) is 0 Å². The second-order valence-corrected chi connectivity index (χ2v) is 4.07. The molecule has 0 aromatic rings. The van der Waals surface area contributed by atoms with Crippen LogP contribution in [0.4, 0.5) is 0 Å². The molecule has 1 nitrogen and oxygen atoms in total. The zero-order valence-electron chi connectivity index (χ0n) is 6.89. The molecule has 0 aromatic heterocycles. The molecule has 1 unspecified atom stereocenters. The predicted molar refractivity (Wildman–Crippen MR) is 48.3 cm³/mol. The van der Waals surface area contributed by atoms with Crippen LogP contribution in [0.5, 0.6) is 0 Å². The van der Waals surface area contributed by atoms with Crippen molar-refractivity contribution in [2.75, 3.05) is 12.3 Å². The van der Waals surface area contributed by atoms with Crippen LogP contribution >= 0.6 is 11.8 Å². The van der Waals surface area contributed by atoms with Crippen molar-refractivity contribution in [3.63, 3.8) is 0 Å². The zero-order valence-corrected chi connectivity index (χ0v) is 7.71. The third-order valence-electron chi connectivity index (χ3n) is 2.22. The van der Waals surface area contributed by atoms with Crippen LogP contribution in [0, 0.1) is 5.92 Å². The van der Waals surface area contributed by atoms with Crippen LogP contribution in [0.2, 0.25) is 0 Å². The lowest BCUT2D eigenvalue weighted by atomic mass is 10.0. The second-order valence-electron chi connectivity index (χ2n) is 2.82. The average Bonchev–Trinajstić information content (AvgIpc) is 2.43. The maximum Gasteiger partial charge on any atom is 0.0561 e. The van der Waals surface area contributed by atoms with Crippen molar-refractivity contribution in [2.24, 2.45) is 5.92 Å². The van der Waals surface area contributed by atoms with Gasteiger partial charge in [0.25, 0.3) is 0 Å². The lowest BCUT2D eigenvalue weighted by Crippen LogP contribution is -2.27. The van der Waals surface area contributed by atoms with Crippen molar-refractivity contribution in [3.8, 4) is 0 Å². The predicted octanol–water partition coefficient (Wildman–Crippen LogP) is 2.09. The van der Waals surface area contributed by atoms with Gasteiger partial charge in [-0.2, -0.15) is 0 Å². The van der Waals surface area contributed by atoms with Crippen LogP contribution in [0.1, 0.15) is 26.7 Å². The van der Waals surface area contributed by atoms with Gasteiger partial charge in [0.05, 0.1) is 5.37 Å². The van der Waals surface area contributed by atoms with Crippen LogP contribution in [0.25, 0.3) is 0 Å². The van der Waals surface area contributed by atoms with Crippen molar-refractivity contribution in [3.05, 3.63) is 0 Å². The molecular weight excluding hydrogens is 142 g/mol. The van der Waals surface area contributed by atoms with Crippen molar-refractivity contribution in [2.45, 2.75) is 32.1 Å². The Hall–Kier alpha value is 0.310. The van der Waals surface area contributed by atoms with Crippen LogP contribution < -0.4 is 5.32 Å². The summed E-state index contributed by atoms with van der Waals surface area (Å²) in [7, 11) is 0. The van der Waals surface area contributed by atoms with E-state index in [-0.39, 0.29) is 0 Å². The van der Waals surface area contributed by atoms with Gasteiger partial charge in [0.15, 0.2) is 0 Å². The maximum atomic E-state index is 3.52. The topological polar surface area (TPSA) is 12.0 Å². The number of rotatable bonds is 3. The van der Waals surface area contributed by atoms with E-state index in [1.807, 2.05) is 0 Å². The SMILES string of the molecule is CCC(CC)C1NCCS1. The summed E-state index contributed by atoms with van der Waals surface area (Å²) >= 11 is 2.09. The van der Waals surface area contributed by atoms with Crippen LogP contribution in [-0.4, -0.2) is 17.7 Å². The highest BCUT2D eigenvalue weighted by Crippen LogP contribution is 2.25. The number of hydrogen-bond donors (Lipinski definition) is 1. The summed E-state index contributed by atoms with van der Waals surface area (Å²) in [4.78, 5) is 0. The lowest BCUT2D eigenvalue weighted by molar-refractivity contribution is 0.438. The molecule has 1 heterocycles. The summed E-state index contributed by atoms with van der Waals surface area (Å²) in [6, 6.07) is 0. The van der Waals surface area contributed by atoms with E-state index in [1.165, 1.54) is 25.1 Å². The normalized spacial score (nSPS) is 26.1. The molecular formula is C8H17NS. The fourth-order valence-electron chi connectivity index (χ4n) is 1.47. The standard InChI is InChI=1S/C8H17NS/c1-3-7(4-2)8-9-5-6-10-8/h7-9H,3-6H2,1-2H3. The van der Waals surface area contributed by atoms with E-state index in [0.29, 0.717) is 0 Å². The fraction of sp³-hybridized carbons (Fsp3) is 1.00. The summed E-state index contributed by atoms with van der Waals surface area (Å²) in [5, 5.41) is 4.28. The van der Waals surface area contributed by atoms with Gasteiger partial charge < -0.3 is 5.32 Å². The zero-order chi connectivity index (χ0) is 7.40. The van der Waals surface area contributed by atoms with E-state index in [2.05, 4.69) is 30.9 Å². The number of thioether (sulfide) groups is 1. The van der Waals surface area contributed by atoms with E-state index in [1.54, 1.807) is 0 Å². The molecule has 1 aliphatic rings. The summed E-state index contributed by atoms with van der Waals surface area (Å²) < 4.78 is 0. The van der Waals surface area contributed by atoms with Gasteiger partial charge >= 0.3 is 0 Å². The number of hydrogen-bond acceptors (Lipinski definition) is 2. The minimum atomic E-state index is 0.759. The molecule has 60 valence electrons. The molecule has 2 heteroatoms. The smallest absolute Gasteiger partial charge is 0.0561 e. The maximum absolute atomic E-state index is 3.52. The third-order valence-corrected chi connectivity index (χ3v) is 3.57. The first-order chi connectivity index (χ1) is 4.88. The first kappa shape index (κ1) is 8.41. The van der Waals surface area contributed by atoms with Gasteiger partial charge in [-0.25, -0.2) is 0 Å². The molecule has 0 amide bonds. The summed E-state index contributed by atoms with van der Waals surface area (Å²) in [6.45, 7) is 5.79. The average molecular weight is 159 g/mol. The Morgan fingerprint density at radius 3 is 2.60 bits per heavy atom. The first-order valence-corrected chi connectivity index (χ1v) is 5.28. The van der Waals surface area contributed by atoms with E-state index >= 15 is 0 Å². The quantitative estimate of drug-likeness (QED) is 0.676. The highest BCUT2D eigenvalue weighted by Gasteiger charge is 2.21. The van der Waals surface area contributed by atoms with E-state index in [0.717, 1.165) is 11.3 Å². The second kappa shape index (κ2) is 4.24. The fourth-order valence-corrected chi connectivity index (χ4v) is 2.85. The molecule has 0 aliphatic carbocycles. The van der Waals surface area contributed by atoms with Gasteiger partial charge in [-0.05, 0) is 5.92 Å². The van der Waals surface area contributed by atoms with Crippen molar-refractivity contribution in [1.82, 2.24) is 5.32 Å². The largest absolute Gasteiger partial charge is 0.304 e. The van der Waals surface area contributed by atoms with Crippen LogP contribution in [-0.2, 0) is 0 Å². The molecule has 10 heavy (non-hydrogen) atoms. The molecule has 0 spiro atoms. The molecule has 1 rings (SSSR count). The summed E-state index contributed by atoms with van der Waals surface area (Å²) in [6.07, 6.45) is 2.64. The molecule has 1 saturated heterocycles. The Kier molecular flexibility index (Phi) is 3.57. The molecule has 0 aromatic carbocycles. The Labute approximate surface area is 68.0 Å². The van der Waals surface area contributed by atoms with E-state index < -0.39 is 0 Å². The highest BCUT2D eigenvalue weighted by molar-refractivity contribution is 8.00. The Balaban J connectivity index is 2.29. The van der Waals surface area contributed by atoms with Gasteiger partial charge in [0, 0.05) is 12.3 Å². The van der Waals surface area contributed by atoms with E-state index in [9.17, 15) is 0 Å². The molecule has 0 saturated carbocycles. The third kappa shape index (κ3) is 1.89. The number of nitrogens with one attached hydrogen (secondary N) is 1. The lowest BCUT2D eigenvalue weighted by Gasteiger charge is -2.19. The monoisotopic (exact) mass is 159 g/mol. The summed E-state index contributed by atoms with van der Waals surface area (Å²) in [5.74, 6) is 2.20. The molecule has 1 aliphatic heterocycles. The van der Waals surface area contributed by atoms with Gasteiger partial charge in [0.2, 0.25) is 0 Å². The first-order valence-electron chi connectivity index (χ1n) is 4.23. The minimum Gasteiger partial charge on any atom is -0.304 e. The van der Waals surface area contributed by atoms with Crippen molar-refractivity contribution in [1.29, 1.82) is 0 Å².